The van der Waals surface area contributed by atoms with E-state index in [4.69, 9.17) is 14.2 Å². The second kappa shape index (κ2) is 11.2. The van der Waals surface area contributed by atoms with Crippen LogP contribution in [0.1, 0.15) is 40.8 Å². The summed E-state index contributed by atoms with van der Waals surface area (Å²) >= 11 is 4.31. The molecule has 0 radical (unpaired) electrons. The van der Waals surface area contributed by atoms with Crippen molar-refractivity contribution in [3.63, 3.8) is 0 Å². The molecule has 2 heterocycles. The fourth-order valence-corrected chi connectivity index (χ4v) is 4.37. The van der Waals surface area contributed by atoms with E-state index >= 15 is 0 Å². The van der Waals surface area contributed by atoms with Crippen LogP contribution in [-0.2, 0) is 23.8 Å². The smallest absolute Gasteiger partial charge is 0.397 e. The number of anilines is 1. The van der Waals surface area contributed by atoms with E-state index in [-0.39, 0.29) is 46.2 Å². The van der Waals surface area contributed by atoms with Gasteiger partial charge in [-0.2, -0.15) is 0 Å². The molecule has 1 aromatic carbocycles. The number of carbonyl (C=O) groups excluding carboxylic acids is 4. The highest BCUT2D eigenvalue weighted by molar-refractivity contribution is 9.10. The number of halogens is 1. The molecule has 0 saturated carbocycles. The number of nitrogens with zero attached hydrogens (tertiary/aromatic N) is 1. The summed E-state index contributed by atoms with van der Waals surface area (Å²) < 4.78 is 15.9. The van der Waals surface area contributed by atoms with Gasteiger partial charge in [-0.25, -0.2) is 19.4 Å². The van der Waals surface area contributed by atoms with Gasteiger partial charge in [0.05, 0.1) is 42.2 Å². The molecule has 0 unspecified atom stereocenters. The van der Waals surface area contributed by atoms with Gasteiger partial charge < -0.3 is 19.5 Å². The Balaban J connectivity index is 2.27. The lowest BCUT2D eigenvalue weighted by molar-refractivity contribution is -0.152. The Kier molecular flexibility index (Phi) is 8.35. The molecule has 34 heavy (non-hydrogen) atoms. The van der Waals surface area contributed by atoms with Crippen LogP contribution in [0.2, 0.25) is 0 Å². The van der Waals surface area contributed by atoms with Crippen LogP contribution in [0.15, 0.2) is 34.8 Å². The SMILES string of the molecule is CCOC(=O)C(=O)Nc1c(C(=O)OCC)sc2nc(-c3ccc(Br)cc3)cc(C(=O)OCC)c12. The number of carbonyl (C=O) groups is 4. The van der Waals surface area contributed by atoms with Gasteiger partial charge in [0.2, 0.25) is 0 Å². The molecular formula is C23H21BrN2O7S. The first-order chi connectivity index (χ1) is 16.3. The highest BCUT2D eigenvalue weighted by Crippen LogP contribution is 2.40. The quantitative estimate of drug-likeness (QED) is 0.258. The van der Waals surface area contributed by atoms with Crippen molar-refractivity contribution in [3.05, 3.63) is 45.2 Å². The number of pyridine rings is 1. The van der Waals surface area contributed by atoms with Gasteiger partial charge in [-0.1, -0.05) is 28.1 Å². The van der Waals surface area contributed by atoms with Crippen molar-refractivity contribution in [2.45, 2.75) is 20.8 Å². The molecule has 0 bridgehead atoms. The number of benzene rings is 1. The monoisotopic (exact) mass is 548 g/mol. The van der Waals surface area contributed by atoms with Crippen molar-refractivity contribution >= 4 is 67.0 Å². The lowest BCUT2D eigenvalue weighted by Gasteiger charge is -2.10. The lowest BCUT2D eigenvalue weighted by Crippen LogP contribution is -2.26. The molecule has 0 fully saturated rings. The van der Waals surface area contributed by atoms with Gasteiger partial charge in [0.1, 0.15) is 9.71 Å². The summed E-state index contributed by atoms with van der Waals surface area (Å²) in [4.78, 5) is 54.8. The van der Waals surface area contributed by atoms with Crippen LogP contribution < -0.4 is 5.32 Å². The Morgan fingerprint density at radius 2 is 1.56 bits per heavy atom. The van der Waals surface area contributed by atoms with E-state index < -0.39 is 23.8 Å². The Bertz CT molecular complexity index is 1250. The normalized spacial score (nSPS) is 10.6. The van der Waals surface area contributed by atoms with Crippen molar-refractivity contribution in [1.29, 1.82) is 0 Å². The molecule has 0 aliphatic rings. The summed E-state index contributed by atoms with van der Waals surface area (Å²) in [7, 11) is 0. The van der Waals surface area contributed by atoms with E-state index in [2.05, 4.69) is 26.2 Å². The third kappa shape index (κ3) is 5.42. The Hall–Kier alpha value is -3.31. The van der Waals surface area contributed by atoms with Gasteiger partial charge >= 0.3 is 23.8 Å². The van der Waals surface area contributed by atoms with Crippen molar-refractivity contribution < 1.29 is 33.4 Å². The maximum absolute atomic E-state index is 12.9. The number of hydrogen-bond acceptors (Lipinski definition) is 9. The van der Waals surface area contributed by atoms with Gasteiger partial charge in [-0.15, -0.1) is 11.3 Å². The highest BCUT2D eigenvalue weighted by atomic mass is 79.9. The van der Waals surface area contributed by atoms with Gasteiger partial charge in [0.15, 0.2) is 0 Å². The Morgan fingerprint density at radius 3 is 2.18 bits per heavy atom. The third-order valence-electron chi connectivity index (χ3n) is 4.46. The maximum Gasteiger partial charge on any atom is 0.397 e. The van der Waals surface area contributed by atoms with Crippen molar-refractivity contribution in [2.24, 2.45) is 0 Å². The van der Waals surface area contributed by atoms with E-state index in [1.54, 1.807) is 20.8 Å². The summed E-state index contributed by atoms with van der Waals surface area (Å²) in [6, 6.07) is 8.81. The molecule has 0 spiro atoms. The van der Waals surface area contributed by atoms with Crippen LogP contribution in [0.3, 0.4) is 0 Å². The molecule has 11 heteroatoms. The van der Waals surface area contributed by atoms with Gasteiger partial charge in [0, 0.05) is 10.0 Å². The molecule has 3 aromatic rings. The number of thiophene rings is 1. The van der Waals surface area contributed by atoms with Gasteiger partial charge in [0.25, 0.3) is 0 Å². The van der Waals surface area contributed by atoms with Crippen LogP contribution in [0.25, 0.3) is 21.5 Å². The van der Waals surface area contributed by atoms with E-state index in [1.807, 2.05) is 24.3 Å². The minimum Gasteiger partial charge on any atom is -0.462 e. The average Bonchev–Trinajstić information content (AvgIpc) is 3.17. The van der Waals surface area contributed by atoms with Crippen LogP contribution in [0.4, 0.5) is 5.69 Å². The van der Waals surface area contributed by atoms with Crippen LogP contribution in [0.5, 0.6) is 0 Å². The number of aromatic nitrogens is 1. The molecule has 1 N–H and O–H groups in total. The standard InChI is InChI=1S/C23H21BrN2O7S/c1-4-31-21(28)14-11-15(12-7-9-13(24)10-8-12)25-20-16(14)17(18(34-20)22(29)32-5-2)26-19(27)23(30)33-6-3/h7-11H,4-6H2,1-3H3,(H,26,27). The first kappa shape index (κ1) is 25.3. The van der Waals surface area contributed by atoms with Crippen molar-refractivity contribution in [3.8, 4) is 11.3 Å². The number of amides is 1. The van der Waals surface area contributed by atoms with Crippen molar-refractivity contribution in [1.82, 2.24) is 4.98 Å². The van der Waals surface area contributed by atoms with Crippen molar-refractivity contribution in [2.75, 3.05) is 25.1 Å². The molecule has 178 valence electrons. The molecule has 0 atom stereocenters. The molecular weight excluding hydrogens is 528 g/mol. The molecule has 1 amide bonds. The number of hydrogen-bond donors (Lipinski definition) is 1. The zero-order valence-electron chi connectivity index (χ0n) is 18.6. The lowest BCUT2D eigenvalue weighted by atomic mass is 10.1. The highest BCUT2D eigenvalue weighted by Gasteiger charge is 2.29. The van der Waals surface area contributed by atoms with Crippen LogP contribution in [0, 0.1) is 0 Å². The van der Waals surface area contributed by atoms with Crippen LogP contribution in [-0.4, -0.2) is 48.6 Å². The van der Waals surface area contributed by atoms with Gasteiger partial charge in [-0.05, 0) is 39.0 Å². The fraction of sp³-hybridized carbons (Fsp3) is 0.261. The summed E-state index contributed by atoms with van der Waals surface area (Å²) in [5.74, 6) is -3.63. The second-order valence-corrected chi connectivity index (χ2v) is 8.58. The number of nitrogens with one attached hydrogen (secondary N) is 1. The van der Waals surface area contributed by atoms with Gasteiger partial charge in [-0.3, -0.25) is 4.79 Å². The molecule has 9 nitrogen and oxygen atoms in total. The summed E-state index contributed by atoms with van der Waals surface area (Å²) in [5.41, 5.74) is 1.20. The van der Waals surface area contributed by atoms with E-state index in [0.29, 0.717) is 5.69 Å². The van der Waals surface area contributed by atoms with E-state index in [0.717, 1.165) is 21.4 Å². The fourth-order valence-electron chi connectivity index (χ4n) is 3.06. The zero-order chi connectivity index (χ0) is 24.8. The summed E-state index contributed by atoms with van der Waals surface area (Å²) in [5, 5.41) is 2.57. The third-order valence-corrected chi connectivity index (χ3v) is 6.05. The molecule has 3 rings (SSSR count). The Morgan fingerprint density at radius 1 is 0.941 bits per heavy atom. The first-order valence-corrected chi connectivity index (χ1v) is 12.0. The first-order valence-electron chi connectivity index (χ1n) is 10.4. The average molecular weight is 549 g/mol. The number of ether oxygens (including phenoxy) is 3. The number of rotatable bonds is 7. The molecule has 0 aliphatic heterocycles. The maximum atomic E-state index is 12.9. The topological polar surface area (TPSA) is 121 Å². The zero-order valence-corrected chi connectivity index (χ0v) is 21.0. The Labute approximate surface area is 207 Å². The second-order valence-electron chi connectivity index (χ2n) is 6.66. The molecule has 2 aromatic heterocycles. The molecule has 0 saturated heterocycles. The van der Waals surface area contributed by atoms with E-state index in [9.17, 15) is 19.2 Å². The summed E-state index contributed by atoms with van der Waals surface area (Å²) in [6.07, 6.45) is 0. The predicted molar refractivity (Wildman–Crippen MR) is 130 cm³/mol. The minimum atomic E-state index is -1.13. The largest absolute Gasteiger partial charge is 0.462 e. The number of esters is 3. The van der Waals surface area contributed by atoms with E-state index in [1.165, 1.54) is 6.07 Å². The minimum absolute atomic E-state index is 0.00640. The molecule has 0 aliphatic carbocycles. The predicted octanol–water partition coefficient (Wildman–Crippen LogP) is 4.58. The number of fused-ring (bicyclic) bond motifs is 1. The van der Waals surface area contributed by atoms with Crippen LogP contribution >= 0.6 is 27.3 Å². The summed E-state index contributed by atoms with van der Waals surface area (Å²) in [6.45, 7) is 5.04.